The Hall–Kier alpha value is -1.97. The van der Waals surface area contributed by atoms with Crippen molar-refractivity contribution in [1.29, 1.82) is 0 Å². The van der Waals surface area contributed by atoms with Gasteiger partial charge in [-0.15, -0.1) is 0 Å². The van der Waals surface area contributed by atoms with Gasteiger partial charge in [-0.2, -0.15) is 17.5 Å². The lowest BCUT2D eigenvalue weighted by Gasteiger charge is -2.31. The van der Waals surface area contributed by atoms with E-state index < -0.39 is 21.8 Å². The van der Waals surface area contributed by atoms with E-state index in [4.69, 9.17) is 0 Å². The van der Waals surface area contributed by atoms with Crippen LogP contribution >= 0.6 is 0 Å². The second-order valence-electron chi connectivity index (χ2n) is 6.49. The van der Waals surface area contributed by atoms with Crippen LogP contribution in [0.15, 0.2) is 53.4 Å². The molecule has 1 N–H and O–H groups in total. The van der Waals surface area contributed by atoms with Gasteiger partial charge < -0.3 is 4.90 Å². The Kier molecular flexibility index (Phi) is 5.55. The summed E-state index contributed by atoms with van der Waals surface area (Å²) in [5.41, 5.74) is -0.168. The average molecular weight is 403 g/mol. The maximum absolute atomic E-state index is 13.3. The molecular formula is C18H19F4N2O2S+. The van der Waals surface area contributed by atoms with Gasteiger partial charge in [-0.3, -0.25) is 0 Å². The second-order valence-corrected chi connectivity index (χ2v) is 8.42. The molecule has 9 heteroatoms. The van der Waals surface area contributed by atoms with E-state index in [2.05, 4.69) is 0 Å². The molecule has 1 aliphatic rings. The summed E-state index contributed by atoms with van der Waals surface area (Å²) >= 11 is 0. The number of piperazine rings is 1. The van der Waals surface area contributed by atoms with Crippen molar-refractivity contribution in [3.05, 3.63) is 65.5 Å². The van der Waals surface area contributed by atoms with E-state index >= 15 is 0 Å². The van der Waals surface area contributed by atoms with E-state index in [0.717, 1.165) is 22.6 Å². The fraction of sp³-hybridized carbons (Fsp3) is 0.333. The van der Waals surface area contributed by atoms with E-state index in [-0.39, 0.29) is 23.8 Å². The monoisotopic (exact) mass is 403 g/mol. The zero-order valence-electron chi connectivity index (χ0n) is 14.3. The first-order valence-electron chi connectivity index (χ1n) is 8.42. The molecule has 1 fully saturated rings. The molecule has 2 aromatic rings. The summed E-state index contributed by atoms with van der Waals surface area (Å²) < 4.78 is 78.4. The zero-order valence-corrected chi connectivity index (χ0v) is 15.2. The van der Waals surface area contributed by atoms with Gasteiger partial charge in [-0.25, -0.2) is 12.8 Å². The maximum atomic E-state index is 13.3. The quantitative estimate of drug-likeness (QED) is 0.793. The molecule has 0 atom stereocenters. The van der Waals surface area contributed by atoms with Crippen molar-refractivity contribution in [1.82, 2.24) is 4.31 Å². The minimum absolute atomic E-state index is 0.198. The highest BCUT2D eigenvalue weighted by Crippen LogP contribution is 2.31. The number of hydrogen-bond acceptors (Lipinski definition) is 2. The molecule has 2 aromatic carbocycles. The number of nitrogens with zero attached hydrogens (tertiary/aromatic N) is 1. The van der Waals surface area contributed by atoms with Crippen molar-refractivity contribution < 1.29 is 30.9 Å². The molecule has 27 heavy (non-hydrogen) atoms. The lowest BCUT2D eigenvalue weighted by molar-refractivity contribution is -0.917. The molecule has 146 valence electrons. The van der Waals surface area contributed by atoms with Crippen molar-refractivity contribution in [3.63, 3.8) is 0 Å². The van der Waals surface area contributed by atoms with E-state index in [1.54, 1.807) is 6.07 Å². The number of alkyl halides is 3. The Labute approximate surface area is 155 Å². The summed E-state index contributed by atoms with van der Waals surface area (Å²) in [6, 6.07) is 10.0. The fourth-order valence-electron chi connectivity index (χ4n) is 3.14. The van der Waals surface area contributed by atoms with Crippen LogP contribution in [0.25, 0.3) is 0 Å². The molecule has 1 aliphatic heterocycles. The Morgan fingerprint density at radius 3 is 2.30 bits per heavy atom. The van der Waals surface area contributed by atoms with E-state index in [1.807, 2.05) is 6.07 Å². The number of benzene rings is 2. The van der Waals surface area contributed by atoms with Crippen LogP contribution in [0.1, 0.15) is 11.1 Å². The predicted molar refractivity (Wildman–Crippen MR) is 91.0 cm³/mol. The van der Waals surface area contributed by atoms with Crippen molar-refractivity contribution in [3.8, 4) is 0 Å². The van der Waals surface area contributed by atoms with Crippen molar-refractivity contribution in [2.45, 2.75) is 17.6 Å². The normalized spacial score (nSPS) is 17.2. The molecule has 3 rings (SSSR count). The minimum Gasteiger partial charge on any atom is -0.329 e. The molecule has 1 heterocycles. The summed E-state index contributed by atoms with van der Waals surface area (Å²) in [6.45, 7) is 1.95. The summed E-state index contributed by atoms with van der Waals surface area (Å²) in [6.07, 6.45) is -4.60. The largest absolute Gasteiger partial charge is 0.416 e. The van der Waals surface area contributed by atoms with Gasteiger partial charge in [0.1, 0.15) is 12.4 Å². The highest BCUT2D eigenvalue weighted by atomic mass is 32.2. The van der Waals surface area contributed by atoms with Crippen LogP contribution in [0.5, 0.6) is 0 Å². The maximum Gasteiger partial charge on any atom is 0.416 e. The smallest absolute Gasteiger partial charge is 0.329 e. The number of halogens is 4. The fourth-order valence-corrected chi connectivity index (χ4v) is 4.62. The first kappa shape index (κ1) is 19.8. The highest BCUT2D eigenvalue weighted by Gasteiger charge is 2.34. The summed E-state index contributed by atoms with van der Waals surface area (Å²) in [5, 5.41) is 0. The van der Waals surface area contributed by atoms with Crippen molar-refractivity contribution in [2.24, 2.45) is 0 Å². The predicted octanol–water partition coefficient (Wildman–Crippen LogP) is 1.93. The van der Waals surface area contributed by atoms with Gasteiger partial charge in [0.2, 0.25) is 10.0 Å². The van der Waals surface area contributed by atoms with Gasteiger partial charge >= 0.3 is 6.18 Å². The van der Waals surface area contributed by atoms with Crippen LogP contribution in [0.3, 0.4) is 0 Å². The molecule has 4 nitrogen and oxygen atoms in total. The lowest BCUT2D eigenvalue weighted by atomic mass is 10.2. The van der Waals surface area contributed by atoms with Crippen LogP contribution in [0.2, 0.25) is 0 Å². The molecule has 0 aliphatic carbocycles. The third-order valence-corrected chi connectivity index (χ3v) is 6.47. The number of hydrogen-bond donors (Lipinski definition) is 1. The molecule has 0 unspecified atom stereocenters. The summed E-state index contributed by atoms with van der Waals surface area (Å²) in [4.78, 5) is 0.738. The van der Waals surface area contributed by atoms with Gasteiger partial charge in [0.05, 0.1) is 36.6 Å². The number of rotatable bonds is 4. The lowest BCUT2D eigenvalue weighted by Crippen LogP contribution is -3.13. The topological polar surface area (TPSA) is 41.8 Å². The molecule has 0 bridgehead atoms. The van der Waals surface area contributed by atoms with Gasteiger partial charge in [-0.1, -0.05) is 18.2 Å². The van der Waals surface area contributed by atoms with Crippen LogP contribution in [0.4, 0.5) is 17.6 Å². The SMILES string of the molecule is O=S(=O)(c1cccc(C(F)(F)F)c1)N1CC[NH+](Cc2cccc(F)c2)CC1. The van der Waals surface area contributed by atoms with Gasteiger partial charge in [-0.05, 0) is 30.3 Å². The van der Waals surface area contributed by atoms with Crippen LogP contribution in [-0.2, 0) is 22.7 Å². The van der Waals surface area contributed by atoms with Gasteiger partial charge in [0, 0.05) is 5.56 Å². The zero-order chi connectivity index (χ0) is 19.7. The number of quaternary nitrogens is 1. The second kappa shape index (κ2) is 7.57. The highest BCUT2D eigenvalue weighted by molar-refractivity contribution is 7.89. The van der Waals surface area contributed by atoms with Crippen molar-refractivity contribution >= 4 is 10.0 Å². The molecule has 1 saturated heterocycles. The van der Waals surface area contributed by atoms with E-state index in [9.17, 15) is 26.0 Å². The Morgan fingerprint density at radius 1 is 1.00 bits per heavy atom. The number of nitrogens with one attached hydrogen (secondary N) is 1. The van der Waals surface area contributed by atoms with Gasteiger partial charge in [0.25, 0.3) is 0 Å². The number of sulfonamides is 1. The Bertz CT molecular complexity index is 908. The molecule has 0 radical (unpaired) electrons. The minimum atomic E-state index is -4.60. The van der Waals surface area contributed by atoms with Crippen molar-refractivity contribution in [2.75, 3.05) is 26.2 Å². The molecule has 0 amide bonds. The standard InChI is InChI=1S/C18H18F4N2O2S/c19-16-5-1-3-14(11-16)13-23-7-9-24(10-8-23)27(25,26)17-6-2-4-15(12-17)18(20,21)22/h1-6,11-12H,7-10,13H2/p+1. The average Bonchev–Trinajstić information content (AvgIpc) is 2.62. The third kappa shape index (κ3) is 4.66. The van der Waals surface area contributed by atoms with Crippen LogP contribution < -0.4 is 4.90 Å². The van der Waals surface area contributed by atoms with Crippen LogP contribution in [0, 0.1) is 5.82 Å². The summed E-state index contributed by atoms with van der Waals surface area (Å²) in [7, 11) is -3.99. The Morgan fingerprint density at radius 2 is 1.67 bits per heavy atom. The molecular weight excluding hydrogens is 384 g/mol. The van der Waals surface area contributed by atoms with E-state index in [1.165, 1.54) is 22.5 Å². The van der Waals surface area contributed by atoms with Gasteiger partial charge in [0.15, 0.2) is 0 Å². The third-order valence-electron chi connectivity index (χ3n) is 4.57. The molecule has 0 aromatic heterocycles. The molecule has 0 saturated carbocycles. The van der Waals surface area contributed by atoms with Crippen LogP contribution in [-0.4, -0.2) is 38.9 Å². The molecule has 0 spiro atoms. The Balaban J connectivity index is 1.68. The first-order chi connectivity index (χ1) is 12.7. The first-order valence-corrected chi connectivity index (χ1v) is 9.86. The van der Waals surface area contributed by atoms with E-state index in [0.29, 0.717) is 25.7 Å². The summed E-state index contributed by atoms with van der Waals surface area (Å²) in [5.74, 6) is -0.322.